The number of nitrogens with one attached hydrogen (secondary N) is 1. The third kappa shape index (κ3) is 2.28. The third-order valence-electron chi connectivity index (χ3n) is 2.71. The Morgan fingerprint density at radius 1 is 1.06 bits per heavy atom. The molecule has 1 atom stereocenters. The first-order chi connectivity index (χ1) is 8.54. The minimum atomic E-state index is -1.43. The summed E-state index contributed by atoms with van der Waals surface area (Å²) in [7, 11) is 1.65. The zero-order valence-electron chi connectivity index (χ0n) is 9.93. The molecule has 18 heavy (non-hydrogen) atoms. The average molecular weight is 271 g/mol. The smallest absolute Gasteiger partial charge is 0.194 e. The zero-order valence-corrected chi connectivity index (χ0v) is 10.7. The molecule has 0 aliphatic carbocycles. The number of rotatable bonds is 3. The highest BCUT2D eigenvalue weighted by molar-refractivity contribution is 7.12. The Labute approximate surface area is 107 Å². The standard InChI is InChI=1S/C13H12F3NS/c1-7-3-6-10(18-7)13(17-2)8-4-5-9(14)12(16)11(8)15/h3-6,13,17H,1-2H3. The van der Waals surface area contributed by atoms with Gasteiger partial charge in [0.2, 0.25) is 0 Å². The molecule has 2 aromatic rings. The van der Waals surface area contributed by atoms with Gasteiger partial charge in [0, 0.05) is 15.3 Å². The van der Waals surface area contributed by atoms with Crippen molar-refractivity contribution < 1.29 is 13.2 Å². The summed E-state index contributed by atoms with van der Waals surface area (Å²) in [4.78, 5) is 1.94. The molecular formula is C13H12F3NS. The van der Waals surface area contributed by atoms with Crippen LogP contribution in [0.15, 0.2) is 24.3 Å². The van der Waals surface area contributed by atoms with Crippen LogP contribution in [0.1, 0.15) is 21.4 Å². The highest BCUT2D eigenvalue weighted by Crippen LogP contribution is 2.30. The van der Waals surface area contributed by atoms with Gasteiger partial charge in [0.15, 0.2) is 17.5 Å². The second-order valence-corrected chi connectivity index (χ2v) is 5.25. The minimum Gasteiger partial charge on any atom is -0.309 e. The lowest BCUT2D eigenvalue weighted by Crippen LogP contribution is -2.18. The van der Waals surface area contributed by atoms with E-state index in [1.807, 2.05) is 19.1 Å². The van der Waals surface area contributed by atoms with Crippen molar-refractivity contribution in [1.82, 2.24) is 5.32 Å². The normalized spacial score (nSPS) is 12.7. The highest BCUT2D eigenvalue weighted by Gasteiger charge is 2.21. The van der Waals surface area contributed by atoms with E-state index in [9.17, 15) is 13.2 Å². The van der Waals surface area contributed by atoms with Gasteiger partial charge >= 0.3 is 0 Å². The van der Waals surface area contributed by atoms with E-state index < -0.39 is 23.5 Å². The molecule has 1 nitrogen and oxygen atoms in total. The molecule has 1 N–H and O–H groups in total. The van der Waals surface area contributed by atoms with Crippen molar-refractivity contribution in [3.63, 3.8) is 0 Å². The van der Waals surface area contributed by atoms with Crippen molar-refractivity contribution >= 4 is 11.3 Å². The fourth-order valence-electron chi connectivity index (χ4n) is 1.82. The molecule has 0 amide bonds. The predicted molar refractivity (Wildman–Crippen MR) is 66.3 cm³/mol. The molecule has 2 rings (SSSR count). The van der Waals surface area contributed by atoms with Crippen LogP contribution in [-0.2, 0) is 0 Å². The molecule has 5 heteroatoms. The van der Waals surface area contributed by atoms with Gasteiger partial charge in [-0.2, -0.15) is 0 Å². The van der Waals surface area contributed by atoms with Gasteiger partial charge in [0.1, 0.15) is 0 Å². The van der Waals surface area contributed by atoms with Crippen LogP contribution < -0.4 is 5.32 Å². The molecule has 0 radical (unpaired) electrons. The Kier molecular flexibility index (Phi) is 3.73. The van der Waals surface area contributed by atoms with Crippen LogP contribution >= 0.6 is 11.3 Å². The molecule has 0 aliphatic heterocycles. The summed E-state index contributed by atoms with van der Waals surface area (Å²) in [6.45, 7) is 1.93. The van der Waals surface area contributed by atoms with Gasteiger partial charge in [-0.05, 0) is 32.2 Å². The van der Waals surface area contributed by atoms with Crippen LogP contribution in [0.2, 0.25) is 0 Å². The van der Waals surface area contributed by atoms with Crippen molar-refractivity contribution in [3.8, 4) is 0 Å². The van der Waals surface area contributed by atoms with Crippen molar-refractivity contribution in [2.75, 3.05) is 7.05 Å². The first kappa shape index (κ1) is 13.1. The largest absolute Gasteiger partial charge is 0.309 e. The first-order valence-electron chi connectivity index (χ1n) is 5.41. The van der Waals surface area contributed by atoms with Crippen LogP contribution in [0.25, 0.3) is 0 Å². The van der Waals surface area contributed by atoms with E-state index in [-0.39, 0.29) is 5.56 Å². The second kappa shape index (κ2) is 5.12. The number of hydrogen-bond donors (Lipinski definition) is 1. The van der Waals surface area contributed by atoms with E-state index in [1.165, 1.54) is 17.4 Å². The summed E-state index contributed by atoms with van der Waals surface area (Å²) in [5.41, 5.74) is 0.109. The molecule has 0 fully saturated rings. The minimum absolute atomic E-state index is 0.109. The fraction of sp³-hybridized carbons (Fsp3) is 0.231. The third-order valence-corrected chi connectivity index (χ3v) is 3.78. The summed E-state index contributed by atoms with van der Waals surface area (Å²) in [6.07, 6.45) is 0. The SMILES string of the molecule is CNC(c1ccc(C)s1)c1ccc(F)c(F)c1F. The summed E-state index contributed by atoms with van der Waals surface area (Å²) in [5, 5.41) is 2.92. The van der Waals surface area contributed by atoms with Crippen LogP contribution in [0.4, 0.5) is 13.2 Å². The quantitative estimate of drug-likeness (QED) is 0.838. The van der Waals surface area contributed by atoms with Crippen LogP contribution in [0, 0.1) is 24.4 Å². The van der Waals surface area contributed by atoms with E-state index in [0.29, 0.717) is 0 Å². The Hall–Kier alpha value is -1.33. The molecule has 0 aliphatic rings. The molecular weight excluding hydrogens is 259 g/mol. The van der Waals surface area contributed by atoms with Gasteiger partial charge in [0.05, 0.1) is 6.04 Å². The van der Waals surface area contributed by atoms with Gasteiger partial charge in [-0.25, -0.2) is 13.2 Å². The first-order valence-corrected chi connectivity index (χ1v) is 6.23. The van der Waals surface area contributed by atoms with Gasteiger partial charge in [0.25, 0.3) is 0 Å². The lowest BCUT2D eigenvalue weighted by atomic mass is 10.0. The Morgan fingerprint density at radius 3 is 2.33 bits per heavy atom. The molecule has 1 heterocycles. The monoisotopic (exact) mass is 271 g/mol. The van der Waals surface area contributed by atoms with E-state index in [4.69, 9.17) is 0 Å². The van der Waals surface area contributed by atoms with E-state index >= 15 is 0 Å². The number of hydrogen-bond acceptors (Lipinski definition) is 2. The Morgan fingerprint density at radius 2 is 1.78 bits per heavy atom. The van der Waals surface area contributed by atoms with Crippen molar-refractivity contribution in [2.45, 2.75) is 13.0 Å². The van der Waals surface area contributed by atoms with E-state index in [0.717, 1.165) is 15.8 Å². The summed E-state index contributed by atoms with van der Waals surface area (Å²) in [6, 6.07) is 5.49. The number of benzene rings is 1. The maximum Gasteiger partial charge on any atom is 0.194 e. The van der Waals surface area contributed by atoms with Gasteiger partial charge in [-0.1, -0.05) is 6.07 Å². The van der Waals surface area contributed by atoms with Gasteiger partial charge in [-0.15, -0.1) is 11.3 Å². The van der Waals surface area contributed by atoms with E-state index in [1.54, 1.807) is 7.05 Å². The second-order valence-electron chi connectivity index (χ2n) is 3.93. The van der Waals surface area contributed by atoms with Crippen LogP contribution in [0.3, 0.4) is 0 Å². The summed E-state index contributed by atoms with van der Waals surface area (Å²) >= 11 is 1.49. The van der Waals surface area contributed by atoms with Crippen LogP contribution in [-0.4, -0.2) is 7.05 Å². The number of thiophene rings is 1. The maximum absolute atomic E-state index is 13.7. The molecule has 1 unspecified atom stereocenters. The molecule has 0 saturated carbocycles. The maximum atomic E-state index is 13.7. The molecule has 1 aromatic heterocycles. The highest BCUT2D eigenvalue weighted by atomic mass is 32.1. The van der Waals surface area contributed by atoms with Crippen molar-refractivity contribution in [2.24, 2.45) is 0 Å². The fourth-order valence-corrected chi connectivity index (χ4v) is 2.83. The molecule has 96 valence electrons. The summed E-state index contributed by atoms with van der Waals surface area (Å²) < 4.78 is 39.9. The lowest BCUT2D eigenvalue weighted by molar-refractivity contribution is 0.435. The van der Waals surface area contributed by atoms with Gasteiger partial charge in [-0.3, -0.25) is 0 Å². The predicted octanol–water partition coefficient (Wildman–Crippen LogP) is 3.78. The van der Waals surface area contributed by atoms with Crippen molar-refractivity contribution in [1.29, 1.82) is 0 Å². The lowest BCUT2D eigenvalue weighted by Gasteiger charge is -2.16. The topological polar surface area (TPSA) is 12.0 Å². The Bertz CT molecular complexity index is 565. The molecule has 1 aromatic carbocycles. The Balaban J connectivity index is 2.49. The molecule has 0 saturated heterocycles. The number of aryl methyl sites for hydroxylation is 1. The molecule has 0 spiro atoms. The number of halogens is 3. The average Bonchev–Trinajstić information content (AvgIpc) is 2.77. The van der Waals surface area contributed by atoms with Crippen LogP contribution in [0.5, 0.6) is 0 Å². The summed E-state index contributed by atoms with van der Waals surface area (Å²) in [5.74, 6) is -3.74. The molecule has 0 bridgehead atoms. The zero-order chi connectivity index (χ0) is 13.3. The van der Waals surface area contributed by atoms with E-state index in [2.05, 4.69) is 5.32 Å². The van der Waals surface area contributed by atoms with Crippen molar-refractivity contribution in [3.05, 3.63) is 57.0 Å². The van der Waals surface area contributed by atoms with Gasteiger partial charge < -0.3 is 5.32 Å².